The molecule has 2 N–H and O–H groups in total. The van der Waals surface area contributed by atoms with Crippen molar-refractivity contribution in [2.24, 2.45) is 5.73 Å². The lowest BCUT2D eigenvalue weighted by molar-refractivity contribution is 0.0804. The monoisotopic (exact) mass is 279 g/mol. The Morgan fingerprint density at radius 3 is 3.00 bits per heavy atom. The Bertz CT molecular complexity index is 526. The van der Waals surface area contributed by atoms with Crippen molar-refractivity contribution in [1.82, 2.24) is 10.1 Å². The third-order valence-electron chi connectivity index (χ3n) is 2.62. The van der Waals surface area contributed by atoms with Gasteiger partial charge in [-0.1, -0.05) is 22.9 Å². The zero-order valence-electron chi connectivity index (χ0n) is 11.0. The Morgan fingerprint density at radius 2 is 2.32 bits per heavy atom. The van der Waals surface area contributed by atoms with Crippen molar-refractivity contribution < 1.29 is 9.26 Å². The van der Waals surface area contributed by atoms with Gasteiger partial charge in [-0.25, -0.2) is 0 Å². The maximum absolute atomic E-state index is 5.55. The molecule has 2 rings (SSSR count). The lowest BCUT2D eigenvalue weighted by Crippen LogP contribution is -2.14. The largest absolute Gasteiger partial charge is 0.370 e. The van der Waals surface area contributed by atoms with Gasteiger partial charge in [0.05, 0.1) is 5.75 Å². The molecule has 102 valence electrons. The van der Waals surface area contributed by atoms with E-state index in [2.05, 4.69) is 35.3 Å². The second-order valence-electron chi connectivity index (χ2n) is 4.11. The van der Waals surface area contributed by atoms with Gasteiger partial charge < -0.3 is 15.0 Å². The molecule has 0 aliphatic heterocycles. The van der Waals surface area contributed by atoms with Crippen LogP contribution in [0, 0.1) is 6.92 Å². The molecule has 0 spiro atoms. The Morgan fingerprint density at radius 1 is 1.47 bits per heavy atom. The number of nitrogens with zero attached hydrogens (tertiary/aromatic N) is 2. The van der Waals surface area contributed by atoms with E-state index in [1.165, 1.54) is 10.5 Å². The van der Waals surface area contributed by atoms with Crippen LogP contribution >= 0.6 is 11.8 Å². The number of aromatic nitrogens is 2. The normalized spacial score (nSPS) is 12.6. The van der Waals surface area contributed by atoms with Crippen LogP contribution in [0.1, 0.15) is 23.4 Å². The fraction of sp³-hybridized carbons (Fsp3) is 0.385. The second kappa shape index (κ2) is 6.70. The summed E-state index contributed by atoms with van der Waals surface area (Å²) >= 11 is 1.67. The average Bonchev–Trinajstić information content (AvgIpc) is 2.87. The molecule has 0 saturated heterocycles. The van der Waals surface area contributed by atoms with Crippen LogP contribution in [0.5, 0.6) is 0 Å². The van der Waals surface area contributed by atoms with E-state index in [4.69, 9.17) is 15.0 Å². The maximum Gasteiger partial charge on any atom is 0.257 e. The van der Waals surface area contributed by atoms with Crippen LogP contribution < -0.4 is 5.73 Å². The highest BCUT2D eigenvalue weighted by atomic mass is 32.2. The van der Waals surface area contributed by atoms with Gasteiger partial charge in [-0.05, 0) is 19.1 Å². The summed E-state index contributed by atoms with van der Waals surface area (Å²) in [6, 6.07) is 8.30. The second-order valence-corrected chi connectivity index (χ2v) is 5.16. The van der Waals surface area contributed by atoms with E-state index < -0.39 is 0 Å². The van der Waals surface area contributed by atoms with Crippen LogP contribution in [0.2, 0.25) is 0 Å². The zero-order valence-corrected chi connectivity index (χ0v) is 11.8. The van der Waals surface area contributed by atoms with E-state index in [0.29, 0.717) is 24.0 Å². The molecule has 6 heteroatoms. The first-order valence-electron chi connectivity index (χ1n) is 5.97. The number of rotatable bonds is 6. The quantitative estimate of drug-likeness (QED) is 0.818. The molecule has 1 atom stereocenters. The van der Waals surface area contributed by atoms with Gasteiger partial charge >= 0.3 is 0 Å². The molecule has 1 aromatic heterocycles. The Hall–Kier alpha value is -1.37. The molecule has 19 heavy (non-hydrogen) atoms. The van der Waals surface area contributed by atoms with Crippen LogP contribution in [0.3, 0.4) is 0 Å². The van der Waals surface area contributed by atoms with Crippen molar-refractivity contribution in [1.29, 1.82) is 0 Å². The van der Waals surface area contributed by atoms with Crippen LogP contribution in [-0.4, -0.2) is 23.8 Å². The van der Waals surface area contributed by atoms with Crippen molar-refractivity contribution in [3.05, 3.63) is 41.5 Å². The number of aryl methyl sites for hydroxylation is 1. The van der Waals surface area contributed by atoms with Crippen LogP contribution in [0.4, 0.5) is 0 Å². The van der Waals surface area contributed by atoms with Crippen LogP contribution in [0.15, 0.2) is 33.7 Å². The van der Waals surface area contributed by atoms with E-state index >= 15 is 0 Å². The summed E-state index contributed by atoms with van der Waals surface area (Å²) in [5.74, 6) is 1.75. The average molecular weight is 279 g/mol. The summed E-state index contributed by atoms with van der Waals surface area (Å²) < 4.78 is 10.3. The summed E-state index contributed by atoms with van der Waals surface area (Å²) in [7, 11) is 1.57. The molecule has 0 radical (unpaired) electrons. The minimum absolute atomic E-state index is 0.323. The topological polar surface area (TPSA) is 74.2 Å². The number of hydrogen-bond acceptors (Lipinski definition) is 6. The fourth-order valence-electron chi connectivity index (χ4n) is 1.61. The molecule has 0 amide bonds. The third kappa shape index (κ3) is 3.79. The Labute approximate surface area is 116 Å². The smallest absolute Gasteiger partial charge is 0.257 e. The number of hydrogen-bond donors (Lipinski definition) is 1. The molecule has 0 bridgehead atoms. The fourth-order valence-corrected chi connectivity index (χ4v) is 2.46. The van der Waals surface area contributed by atoms with Crippen molar-refractivity contribution in [2.45, 2.75) is 23.7 Å². The summed E-state index contributed by atoms with van der Waals surface area (Å²) in [6.45, 7) is 2.39. The number of benzene rings is 1. The number of nitrogens with two attached hydrogens (primary N) is 1. The van der Waals surface area contributed by atoms with Gasteiger partial charge in [0.25, 0.3) is 5.89 Å². The van der Waals surface area contributed by atoms with Crippen molar-refractivity contribution in [3.8, 4) is 0 Å². The number of thioether (sulfide) groups is 1. The Balaban J connectivity index is 1.97. The molecular weight excluding hydrogens is 262 g/mol. The molecular formula is C13H17N3O2S. The maximum atomic E-state index is 5.55. The van der Waals surface area contributed by atoms with Crippen molar-refractivity contribution in [3.63, 3.8) is 0 Å². The molecule has 0 aliphatic carbocycles. The minimum Gasteiger partial charge on any atom is -0.370 e. The third-order valence-corrected chi connectivity index (χ3v) is 3.61. The highest BCUT2D eigenvalue weighted by molar-refractivity contribution is 7.98. The molecule has 0 fully saturated rings. The van der Waals surface area contributed by atoms with Gasteiger partial charge in [0, 0.05) is 18.6 Å². The predicted molar refractivity (Wildman–Crippen MR) is 73.8 cm³/mol. The number of methoxy groups -OCH3 is 1. The van der Waals surface area contributed by atoms with Gasteiger partial charge in [0.1, 0.15) is 6.10 Å². The van der Waals surface area contributed by atoms with Crippen molar-refractivity contribution >= 4 is 11.8 Å². The van der Waals surface area contributed by atoms with Gasteiger partial charge in [-0.3, -0.25) is 0 Å². The van der Waals surface area contributed by atoms with E-state index in [1.54, 1.807) is 18.9 Å². The molecule has 1 aromatic carbocycles. The first-order chi connectivity index (χ1) is 9.22. The lowest BCUT2D eigenvalue weighted by Gasteiger charge is -2.05. The standard InChI is InChI=1S/C13H17N3O2S/c1-9-4-3-5-10(6-9)19-8-12-15-13(18-16-12)11(7-14)17-2/h3-6,11H,7-8,14H2,1-2H3. The summed E-state index contributed by atoms with van der Waals surface area (Å²) in [5.41, 5.74) is 6.79. The van der Waals surface area contributed by atoms with Gasteiger partial charge in [0.15, 0.2) is 5.82 Å². The first kappa shape index (κ1) is 14.0. The molecule has 0 aliphatic rings. The van der Waals surface area contributed by atoms with Crippen LogP contribution in [0.25, 0.3) is 0 Å². The zero-order chi connectivity index (χ0) is 13.7. The van der Waals surface area contributed by atoms with Crippen LogP contribution in [-0.2, 0) is 10.5 Å². The molecule has 2 aromatic rings. The first-order valence-corrected chi connectivity index (χ1v) is 6.96. The summed E-state index contributed by atoms with van der Waals surface area (Å²) in [6.07, 6.45) is -0.329. The Kier molecular flexibility index (Phi) is 4.95. The summed E-state index contributed by atoms with van der Waals surface area (Å²) in [5, 5.41) is 3.93. The van der Waals surface area contributed by atoms with Crippen molar-refractivity contribution in [2.75, 3.05) is 13.7 Å². The summed E-state index contributed by atoms with van der Waals surface area (Å²) in [4.78, 5) is 5.47. The predicted octanol–water partition coefficient (Wildman–Crippen LogP) is 2.32. The van der Waals surface area contributed by atoms with E-state index in [-0.39, 0.29) is 6.10 Å². The highest BCUT2D eigenvalue weighted by Crippen LogP contribution is 2.23. The minimum atomic E-state index is -0.329. The van der Waals surface area contributed by atoms with Gasteiger partial charge in [-0.2, -0.15) is 4.98 Å². The van der Waals surface area contributed by atoms with E-state index in [0.717, 1.165) is 0 Å². The molecule has 5 nitrogen and oxygen atoms in total. The molecule has 1 heterocycles. The lowest BCUT2D eigenvalue weighted by atomic mass is 10.2. The highest BCUT2D eigenvalue weighted by Gasteiger charge is 2.16. The van der Waals surface area contributed by atoms with E-state index in [9.17, 15) is 0 Å². The number of ether oxygens (including phenoxy) is 1. The SMILES string of the molecule is COC(CN)c1nc(CSc2cccc(C)c2)no1. The van der Waals surface area contributed by atoms with E-state index in [1.807, 2.05) is 6.07 Å². The van der Waals surface area contributed by atoms with Gasteiger partial charge in [-0.15, -0.1) is 11.8 Å². The van der Waals surface area contributed by atoms with Gasteiger partial charge in [0.2, 0.25) is 0 Å². The molecule has 0 saturated carbocycles. The molecule has 1 unspecified atom stereocenters.